The molecule has 1 aliphatic carbocycles. The SMILES string of the molecule is CC(C)(C)C(=O)NC(CCCNC(=O)[C@@H]1CN(C(C)(C)C)C[C@H]1C1C=CC(F)=CC1F)c1ccc(Cl)cc1. The van der Waals surface area contributed by atoms with Crippen molar-refractivity contribution in [1.82, 2.24) is 15.5 Å². The maximum Gasteiger partial charge on any atom is 0.225 e. The molecule has 3 unspecified atom stereocenters. The van der Waals surface area contributed by atoms with Gasteiger partial charge in [0, 0.05) is 41.5 Å². The van der Waals surface area contributed by atoms with Crippen molar-refractivity contribution in [2.45, 2.75) is 72.1 Å². The van der Waals surface area contributed by atoms with Gasteiger partial charge in [0.1, 0.15) is 12.0 Å². The Morgan fingerprint density at radius 3 is 2.34 bits per heavy atom. The van der Waals surface area contributed by atoms with E-state index in [4.69, 9.17) is 11.6 Å². The Hall–Kier alpha value is -2.25. The van der Waals surface area contributed by atoms with Crippen molar-refractivity contribution in [2.24, 2.45) is 23.2 Å². The molecular formula is C30H42ClF2N3O2. The molecule has 1 fully saturated rings. The molecule has 5 atom stereocenters. The lowest BCUT2D eigenvalue weighted by molar-refractivity contribution is -0.129. The zero-order chi connectivity index (χ0) is 28.3. The maximum absolute atomic E-state index is 14.8. The number of hydrogen-bond acceptors (Lipinski definition) is 3. The van der Waals surface area contributed by atoms with Crippen LogP contribution in [0.15, 0.2) is 48.3 Å². The number of nitrogens with zero attached hydrogens (tertiary/aromatic N) is 1. The van der Waals surface area contributed by atoms with Gasteiger partial charge < -0.3 is 10.6 Å². The van der Waals surface area contributed by atoms with Crippen LogP contribution in [0.25, 0.3) is 0 Å². The fraction of sp³-hybridized carbons (Fsp3) is 0.600. The van der Waals surface area contributed by atoms with Crippen molar-refractivity contribution in [1.29, 1.82) is 0 Å². The van der Waals surface area contributed by atoms with Gasteiger partial charge >= 0.3 is 0 Å². The lowest BCUT2D eigenvalue weighted by atomic mass is 9.79. The van der Waals surface area contributed by atoms with Crippen LogP contribution < -0.4 is 10.6 Å². The van der Waals surface area contributed by atoms with Crippen LogP contribution in [-0.4, -0.2) is 48.1 Å². The van der Waals surface area contributed by atoms with Crippen molar-refractivity contribution in [3.8, 4) is 0 Å². The van der Waals surface area contributed by atoms with E-state index in [0.717, 1.165) is 11.6 Å². The number of alkyl halides is 1. The van der Waals surface area contributed by atoms with Gasteiger partial charge in [-0.2, -0.15) is 0 Å². The Morgan fingerprint density at radius 2 is 1.76 bits per heavy atom. The van der Waals surface area contributed by atoms with Gasteiger partial charge in [-0.1, -0.05) is 50.6 Å². The number of rotatable bonds is 8. The molecule has 0 saturated carbocycles. The van der Waals surface area contributed by atoms with Crippen molar-refractivity contribution < 1.29 is 18.4 Å². The van der Waals surface area contributed by atoms with E-state index in [0.29, 0.717) is 37.5 Å². The molecule has 2 amide bonds. The van der Waals surface area contributed by atoms with E-state index in [1.165, 1.54) is 6.08 Å². The molecule has 5 nitrogen and oxygen atoms in total. The van der Waals surface area contributed by atoms with Crippen LogP contribution in [0.1, 0.15) is 66.0 Å². The van der Waals surface area contributed by atoms with Crippen LogP contribution >= 0.6 is 11.6 Å². The van der Waals surface area contributed by atoms with Crippen LogP contribution in [0.2, 0.25) is 5.02 Å². The molecule has 2 aliphatic rings. The molecule has 210 valence electrons. The molecule has 3 rings (SSSR count). The average molecular weight is 550 g/mol. The summed E-state index contributed by atoms with van der Waals surface area (Å²) in [5.41, 5.74) is 0.249. The van der Waals surface area contributed by atoms with Crippen molar-refractivity contribution >= 4 is 23.4 Å². The summed E-state index contributed by atoms with van der Waals surface area (Å²) in [5.74, 6) is -1.93. The molecule has 0 bridgehead atoms. The summed E-state index contributed by atoms with van der Waals surface area (Å²) in [4.78, 5) is 28.2. The van der Waals surface area contributed by atoms with E-state index in [9.17, 15) is 18.4 Å². The number of likely N-dealkylation sites (tertiary alicyclic amines) is 1. The second-order valence-electron chi connectivity index (χ2n) is 12.5. The summed E-state index contributed by atoms with van der Waals surface area (Å²) in [7, 11) is 0. The lowest BCUT2D eigenvalue weighted by Crippen LogP contribution is -2.41. The first-order valence-corrected chi connectivity index (χ1v) is 13.8. The van der Waals surface area contributed by atoms with E-state index >= 15 is 0 Å². The van der Waals surface area contributed by atoms with Crippen molar-refractivity contribution in [3.63, 3.8) is 0 Å². The summed E-state index contributed by atoms with van der Waals surface area (Å²) in [6.07, 6.45) is 3.71. The number of benzene rings is 1. The largest absolute Gasteiger partial charge is 0.356 e. The molecule has 0 spiro atoms. The number of amides is 2. The molecule has 38 heavy (non-hydrogen) atoms. The van der Waals surface area contributed by atoms with Crippen LogP contribution in [0.3, 0.4) is 0 Å². The van der Waals surface area contributed by atoms with Gasteiger partial charge in [-0.05, 0) is 69.4 Å². The number of hydrogen-bond donors (Lipinski definition) is 2. The van der Waals surface area contributed by atoms with Gasteiger partial charge in [-0.3, -0.25) is 14.5 Å². The Morgan fingerprint density at radius 1 is 1.11 bits per heavy atom. The fourth-order valence-electron chi connectivity index (χ4n) is 5.09. The molecule has 1 aromatic rings. The van der Waals surface area contributed by atoms with E-state index in [2.05, 4.69) is 36.3 Å². The number of allylic oxidation sites excluding steroid dienone is 4. The standard InChI is InChI=1S/C30H42ClF2N3O2/c1-29(2,3)28(38)35-26(19-9-11-20(31)12-10-19)8-7-15-34-27(37)24-18-36(30(4,5)6)17-23(24)22-14-13-21(32)16-25(22)33/h9-14,16,22-26H,7-8,15,17-18H2,1-6H3,(H,34,37)(H,35,38)/t22?,23-,24+,25?,26?/m0/s1. The summed E-state index contributed by atoms with van der Waals surface area (Å²) >= 11 is 6.05. The summed E-state index contributed by atoms with van der Waals surface area (Å²) in [6.45, 7) is 13.4. The Bertz CT molecular complexity index is 1040. The number of halogens is 3. The molecular weight excluding hydrogens is 508 g/mol. The molecule has 1 saturated heterocycles. The average Bonchev–Trinajstić information content (AvgIpc) is 3.26. The van der Waals surface area contributed by atoms with Crippen LogP contribution in [-0.2, 0) is 9.59 Å². The van der Waals surface area contributed by atoms with Gasteiger partial charge in [0.05, 0.1) is 12.0 Å². The normalized spacial score (nSPS) is 25.1. The molecule has 1 aliphatic heterocycles. The van der Waals surface area contributed by atoms with Crippen molar-refractivity contribution in [2.75, 3.05) is 19.6 Å². The molecule has 0 radical (unpaired) electrons. The van der Waals surface area contributed by atoms with Crippen LogP contribution in [0.4, 0.5) is 8.78 Å². The highest BCUT2D eigenvalue weighted by molar-refractivity contribution is 6.30. The first-order chi connectivity index (χ1) is 17.7. The highest BCUT2D eigenvalue weighted by Gasteiger charge is 2.46. The van der Waals surface area contributed by atoms with Gasteiger partial charge in [0.15, 0.2) is 0 Å². The first kappa shape index (κ1) is 30.3. The third-order valence-corrected chi connectivity index (χ3v) is 7.79. The van der Waals surface area contributed by atoms with E-state index in [1.807, 2.05) is 32.9 Å². The summed E-state index contributed by atoms with van der Waals surface area (Å²) in [5, 5.41) is 6.81. The van der Waals surface area contributed by atoms with Gasteiger partial charge in [-0.15, -0.1) is 0 Å². The minimum absolute atomic E-state index is 0.0515. The topological polar surface area (TPSA) is 61.4 Å². The second-order valence-corrected chi connectivity index (χ2v) is 13.0. The van der Waals surface area contributed by atoms with Gasteiger partial charge in [0.25, 0.3) is 0 Å². The second kappa shape index (κ2) is 12.3. The third kappa shape index (κ3) is 7.89. The minimum atomic E-state index is -1.45. The quantitative estimate of drug-likeness (QED) is 0.382. The maximum atomic E-state index is 14.8. The predicted molar refractivity (Wildman–Crippen MR) is 149 cm³/mol. The molecule has 2 N–H and O–H groups in total. The van der Waals surface area contributed by atoms with Crippen LogP contribution in [0, 0.1) is 23.2 Å². The summed E-state index contributed by atoms with van der Waals surface area (Å²) < 4.78 is 28.4. The molecule has 8 heteroatoms. The molecule has 1 heterocycles. The Labute approximate surface area is 231 Å². The smallest absolute Gasteiger partial charge is 0.225 e. The van der Waals surface area contributed by atoms with Gasteiger partial charge in [-0.25, -0.2) is 8.78 Å². The zero-order valence-corrected chi connectivity index (χ0v) is 24.1. The molecule has 0 aromatic heterocycles. The highest BCUT2D eigenvalue weighted by atomic mass is 35.5. The molecule has 1 aromatic carbocycles. The van der Waals surface area contributed by atoms with Crippen LogP contribution in [0.5, 0.6) is 0 Å². The number of carbonyl (C=O) groups is 2. The van der Waals surface area contributed by atoms with E-state index in [-0.39, 0.29) is 29.3 Å². The fourth-order valence-corrected chi connectivity index (χ4v) is 5.22. The minimum Gasteiger partial charge on any atom is -0.356 e. The zero-order valence-electron chi connectivity index (χ0n) is 23.4. The monoisotopic (exact) mass is 549 g/mol. The lowest BCUT2D eigenvalue weighted by Gasteiger charge is -2.32. The number of carbonyl (C=O) groups excluding carboxylic acids is 2. The Balaban J connectivity index is 1.64. The third-order valence-electron chi connectivity index (χ3n) is 7.54. The van der Waals surface area contributed by atoms with E-state index in [1.54, 1.807) is 18.2 Å². The summed E-state index contributed by atoms with van der Waals surface area (Å²) in [6, 6.07) is 7.19. The first-order valence-electron chi connectivity index (χ1n) is 13.5. The van der Waals surface area contributed by atoms with Gasteiger partial charge in [0.2, 0.25) is 11.8 Å². The Kier molecular flexibility index (Phi) is 9.80. The predicted octanol–water partition coefficient (Wildman–Crippen LogP) is 6.16. The van der Waals surface area contributed by atoms with Crippen molar-refractivity contribution in [3.05, 3.63) is 58.9 Å². The van der Waals surface area contributed by atoms with E-state index < -0.39 is 29.2 Å². The highest BCUT2D eigenvalue weighted by Crippen LogP contribution is 2.39. The number of nitrogens with one attached hydrogen (secondary N) is 2.